The summed E-state index contributed by atoms with van der Waals surface area (Å²) in [4.78, 5) is 54.8. The topological polar surface area (TPSA) is 174 Å². The normalized spacial score (nSPS) is 18.7. The molecule has 27 heavy (non-hydrogen) atoms. The summed E-state index contributed by atoms with van der Waals surface area (Å²) in [7, 11) is 1.23. The van der Waals surface area contributed by atoms with Crippen molar-refractivity contribution in [3.05, 3.63) is 11.1 Å². The van der Waals surface area contributed by atoms with Crippen molar-refractivity contribution in [2.45, 2.75) is 12.1 Å². The monoisotopic (exact) mass is 418 g/mol. The van der Waals surface area contributed by atoms with E-state index < -0.39 is 35.9 Å². The van der Waals surface area contributed by atoms with Gasteiger partial charge in [-0.15, -0.1) is 22.9 Å². The number of nitrogens with one attached hydrogen (secondary N) is 3. The summed E-state index contributed by atoms with van der Waals surface area (Å²) >= 11 is 6.45. The van der Waals surface area contributed by atoms with Gasteiger partial charge in [-0.3, -0.25) is 14.4 Å². The second-order valence-electron chi connectivity index (χ2n) is 5.04. The van der Waals surface area contributed by atoms with E-state index in [1.807, 2.05) is 0 Å². The van der Waals surface area contributed by atoms with E-state index in [2.05, 4.69) is 35.7 Å². The van der Waals surface area contributed by atoms with E-state index in [9.17, 15) is 19.2 Å². The summed E-state index contributed by atoms with van der Waals surface area (Å²) in [5.74, 6) is -1.93. The van der Waals surface area contributed by atoms with Gasteiger partial charge in [0.15, 0.2) is 10.8 Å². The number of hydrogen-bond donors (Lipinski definition) is 4. The fourth-order valence-electron chi connectivity index (χ4n) is 2.02. The van der Waals surface area contributed by atoms with E-state index in [-0.39, 0.29) is 29.0 Å². The van der Waals surface area contributed by atoms with Crippen LogP contribution in [0.5, 0.6) is 0 Å². The van der Waals surface area contributed by atoms with Crippen LogP contribution in [0.25, 0.3) is 0 Å². The molecule has 0 saturated carbocycles. The molecule has 0 aromatic carbocycles. The van der Waals surface area contributed by atoms with Gasteiger partial charge in [0, 0.05) is 5.38 Å². The van der Waals surface area contributed by atoms with Crippen molar-refractivity contribution in [3.8, 4) is 0 Å². The fourth-order valence-corrected chi connectivity index (χ4v) is 2.79. The van der Waals surface area contributed by atoms with Crippen LogP contribution in [0, 0.1) is 0 Å². The smallest absolute Gasteiger partial charge is 0.404 e. The highest BCUT2D eigenvalue weighted by atomic mass is 35.5. The largest absolute Gasteiger partial charge is 0.447 e. The number of carbonyl (C=O) groups excluding carboxylic acids is 4. The van der Waals surface area contributed by atoms with Gasteiger partial charge in [-0.25, -0.2) is 9.78 Å². The highest BCUT2D eigenvalue weighted by Gasteiger charge is 2.42. The van der Waals surface area contributed by atoms with Crippen LogP contribution in [0.1, 0.15) is 5.69 Å². The molecule has 0 radical (unpaired) electrons. The first kappa shape index (κ1) is 20.4. The maximum absolute atomic E-state index is 12.5. The Bertz CT molecular complexity index is 783. The van der Waals surface area contributed by atoms with Crippen LogP contribution in [0.3, 0.4) is 0 Å². The van der Waals surface area contributed by atoms with Gasteiger partial charge < -0.3 is 31.3 Å². The van der Waals surface area contributed by atoms with E-state index in [4.69, 9.17) is 17.3 Å². The Balaban J connectivity index is 2.07. The third-order valence-electron chi connectivity index (χ3n) is 3.22. The average Bonchev–Trinajstić information content (AvgIpc) is 3.08. The fraction of sp³-hybridized carbons (Fsp3) is 0.385. The van der Waals surface area contributed by atoms with Gasteiger partial charge >= 0.3 is 6.09 Å². The number of nitrogens with zero attached hydrogens (tertiary/aromatic N) is 2. The lowest BCUT2D eigenvalue weighted by atomic mass is 9.99. The standard InChI is InChI=1S/C13H15ClN6O6S/c1-25-20-9(6-4-27-13(17-6)18-7(21)2-14)11(23)19-8-5(16-10(8)22)3-26-12(15)24/h4-5,8H,2-3H2,1H3,(H2,15,24)(H,16,22)(H,19,23)(H,17,18,21)/t5-,8+/m0/s1. The predicted octanol–water partition coefficient (Wildman–Crippen LogP) is -1.25. The molecule has 0 bridgehead atoms. The molecular formula is C13H15ClN6O6S. The lowest BCUT2D eigenvalue weighted by Crippen LogP contribution is -2.71. The maximum atomic E-state index is 12.5. The molecule has 12 nitrogen and oxygen atoms in total. The zero-order valence-corrected chi connectivity index (χ0v) is 15.4. The molecule has 1 aliphatic rings. The zero-order chi connectivity index (χ0) is 20.0. The molecule has 4 amide bonds. The van der Waals surface area contributed by atoms with E-state index in [1.54, 1.807) is 0 Å². The number of oxime groups is 1. The van der Waals surface area contributed by atoms with Crippen molar-refractivity contribution in [1.29, 1.82) is 0 Å². The van der Waals surface area contributed by atoms with E-state index in [0.717, 1.165) is 11.3 Å². The molecule has 0 aliphatic carbocycles. The van der Waals surface area contributed by atoms with E-state index >= 15 is 0 Å². The van der Waals surface area contributed by atoms with Gasteiger partial charge in [-0.05, 0) is 0 Å². The number of ether oxygens (including phenoxy) is 1. The van der Waals surface area contributed by atoms with Gasteiger partial charge in [0.1, 0.15) is 31.3 Å². The minimum absolute atomic E-state index is 0.119. The van der Waals surface area contributed by atoms with Crippen molar-refractivity contribution < 1.29 is 28.8 Å². The summed E-state index contributed by atoms with van der Waals surface area (Å²) in [6, 6.07) is -1.58. The van der Waals surface area contributed by atoms with Gasteiger partial charge in [-0.1, -0.05) is 5.16 Å². The van der Waals surface area contributed by atoms with Crippen LogP contribution >= 0.6 is 22.9 Å². The molecule has 1 aromatic heterocycles. The Kier molecular flexibility index (Phi) is 6.90. The highest BCUT2D eigenvalue weighted by molar-refractivity contribution is 7.14. The van der Waals surface area contributed by atoms with Crippen molar-refractivity contribution in [2.75, 3.05) is 24.9 Å². The number of halogens is 1. The predicted molar refractivity (Wildman–Crippen MR) is 94.4 cm³/mol. The Labute approximate surface area is 161 Å². The Morgan fingerprint density at radius 2 is 2.22 bits per heavy atom. The minimum Gasteiger partial charge on any atom is -0.447 e. The molecular weight excluding hydrogens is 404 g/mol. The van der Waals surface area contributed by atoms with Crippen molar-refractivity contribution >= 4 is 57.6 Å². The Morgan fingerprint density at radius 1 is 1.48 bits per heavy atom. The lowest BCUT2D eigenvalue weighted by molar-refractivity contribution is -0.135. The van der Waals surface area contributed by atoms with Gasteiger partial charge in [0.2, 0.25) is 11.8 Å². The summed E-state index contributed by atoms with van der Waals surface area (Å²) in [6.07, 6.45) is -1.00. The SMILES string of the molecule is CON=C(C(=O)N[C@H]1C(=O)N[C@H]1COC(N)=O)c1csc(NC(=O)CCl)n1. The molecule has 1 aromatic rings. The molecule has 2 rings (SSSR count). The van der Waals surface area contributed by atoms with Crippen LogP contribution in [0.4, 0.5) is 9.93 Å². The van der Waals surface area contributed by atoms with Crippen LogP contribution in [-0.4, -0.2) is 66.2 Å². The molecule has 0 unspecified atom stereocenters. The van der Waals surface area contributed by atoms with Gasteiger partial charge in [-0.2, -0.15) is 0 Å². The van der Waals surface area contributed by atoms with Crippen LogP contribution in [0.15, 0.2) is 10.5 Å². The molecule has 0 spiro atoms. The van der Waals surface area contributed by atoms with Gasteiger partial charge in [0.25, 0.3) is 5.91 Å². The number of β-lactam (4-membered cyclic amide) rings is 1. The minimum atomic E-state index is -1.00. The van der Waals surface area contributed by atoms with Crippen molar-refractivity contribution in [1.82, 2.24) is 15.6 Å². The molecule has 2 atom stereocenters. The molecule has 1 saturated heterocycles. The number of alkyl halides is 1. The number of amides is 4. The van der Waals surface area contributed by atoms with Crippen molar-refractivity contribution in [3.63, 3.8) is 0 Å². The first-order valence-electron chi connectivity index (χ1n) is 7.32. The van der Waals surface area contributed by atoms with Crippen molar-refractivity contribution in [2.24, 2.45) is 10.9 Å². The number of nitrogens with two attached hydrogens (primary N) is 1. The Hall–Kier alpha value is -2.93. The number of thiazole rings is 1. The summed E-state index contributed by atoms with van der Waals surface area (Å²) in [5, 5.41) is 12.6. The number of hydrogen-bond acceptors (Lipinski definition) is 9. The van der Waals surface area contributed by atoms with Crippen LogP contribution < -0.4 is 21.7 Å². The number of carbonyl (C=O) groups is 4. The number of primary amides is 1. The Morgan fingerprint density at radius 3 is 2.81 bits per heavy atom. The van der Waals surface area contributed by atoms with Crippen LogP contribution in [0.2, 0.25) is 0 Å². The maximum Gasteiger partial charge on any atom is 0.404 e. The average molecular weight is 419 g/mol. The number of anilines is 1. The molecule has 2 heterocycles. The first-order valence-corrected chi connectivity index (χ1v) is 8.73. The molecule has 5 N–H and O–H groups in total. The number of rotatable bonds is 8. The van der Waals surface area contributed by atoms with Gasteiger partial charge in [0.05, 0.1) is 6.04 Å². The third-order valence-corrected chi connectivity index (χ3v) is 4.22. The molecule has 1 fully saturated rings. The van der Waals surface area contributed by atoms with Crippen LogP contribution in [-0.2, 0) is 24.0 Å². The quantitative estimate of drug-likeness (QED) is 0.176. The summed E-state index contributed by atoms with van der Waals surface area (Å²) < 4.78 is 4.61. The highest BCUT2D eigenvalue weighted by Crippen LogP contribution is 2.17. The molecule has 146 valence electrons. The third kappa shape index (κ3) is 5.27. The first-order chi connectivity index (χ1) is 12.8. The van der Waals surface area contributed by atoms with E-state index in [1.165, 1.54) is 12.5 Å². The zero-order valence-electron chi connectivity index (χ0n) is 13.9. The van der Waals surface area contributed by atoms with E-state index in [0.29, 0.717) is 0 Å². The number of aromatic nitrogens is 1. The second-order valence-corrected chi connectivity index (χ2v) is 6.16. The summed E-state index contributed by atoms with van der Waals surface area (Å²) in [6.45, 7) is -0.200. The molecule has 1 aliphatic heterocycles. The summed E-state index contributed by atoms with van der Waals surface area (Å²) in [5.41, 5.74) is 4.78. The lowest BCUT2D eigenvalue weighted by Gasteiger charge is -2.36. The molecule has 14 heteroatoms. The second kappa shape index (κ2) is 9.14.